The number of hydrogen-bond donors (Lipinski definition) is 0. The lowest BCUT2D eigenvalue weighted by Crippen LogP contribution is -2.53. The van der Waals surface area contributed by atoms with E-state index in [0.29, 0.717) is 0 Å². The van der Waals surface area contributed by atoms with Gasteiger partial charge in [0.1, 0.15) is 5.54 Å². The molecule has 0 aromatic carbocycles. The molecule has 2 aliphatic heterocycles. The van der Waals surface area contributed by atoms with Gasteiger partial charge in [0.15, 0.2) is 0 Å². The molecule has 2 fully saturated rings. The molecule has 3 heteroatoms. The van der Waals surface area contributed by atoms with E-state index in [1.165, 1.54) is 24.3 Å². The molecule has 0 aromatic rings. The molecule has 84 valence electrons. The molecular formula is C12H20N2S. The van der Waals surface area contributed by atoms with Gasteiger partial charge in [-0.2, -0.15) is 17.0 Å². The van der Waals surface area contributed by atoms with E-state index in [1.807, 2.05) is 11.8 Å². The first-order chi connectivity index (χ1) is 7.27. The second kappa shape index (κ2) is 4.76. The van der Waals surface area contributed by atoms with E-state index in [4.69, 9.17) is 0 Å². The Morgan fingerprint density at radius 1 is 1.40 bits per heavy atom. The largest absolute Gasteiger partial charge is 0.285 e. The first-order valence-corrected chi connectivity index (χ1v) is 7.16. The summed E-state index contributed by atoms with van der Waals surface area (Å²) in [4.78, 5) is 2.47. The van der Waals surface area contributed by atoms with Crippen LogP contribution in [0, 0.1) is 17.2 Å². The van der Waals surface area contributed by atoms with Gasteiger partial charge >= 0.3 is 0 Å². The summed E-state index contributed by atoms with van der Waals surface area (Å²) < 4.78 is 0. The molecule has 0 aliphatic carbocycles. The number of nitriles is 1. The van der Waals surface area contributed by atoms with Crippen LogP contribution in [-0.2, 0) is 0 Å². The van der Waals surface area contributed by atoms with Gasteiger partial charge in [0, 0.05) is 6.54 Å². The number of thioether (sulfide) groups is 1. The van der Waals surface area contributed by atoms with Crippen LogP contribution in [0.1, 0.15) is 32.6 Å². The lowest BCUT2D eigenvalue weighted by atomic mass is 9.87. The van der Waals surface area contributed by atoms with Crippen molar-refractivity contribution < 1.29 is 0 Å². The molecule has 2 aliphatic rings. The average Bonchev–Trinajstić information content (AvgIpc) is 2.30. The standard InChI is InChI=1S/C12H20N2S/c1-11-3-2-6-14(9-11)12(10-13)4-7-15-8-5-12/h11H,2-9H2,1H3/t11-/m1/s1. The number of nitrogens with zero attached hydrogens (tertiary/aromatic N) is 2. The molecule has 2 saturated heterocycles. The van der Waals surface area contributed by atoms with E-state index in [0.717, 1.165) is 31.8 Å². The van der Waals surface area contributed by atoms with Crippen molar-refractivity contribution in [3.8, 4) is 6.07 Å². The summed E-state index contributed by atoms with van der Waals surface area (Å²) in [6.45, 7) is 4.59. The quantitative estimate of drug-likeness (QED) is 0.685. The van der Waals surface area contributed by atoms with Gasteiger partial charge in [-0.05, 0) is 49.7 Å². The van der Waals surface area contributed by atoms with E-state index < -0.39 is 0 Å². The van der Waals surface area contributed by atoms with Crippen molar-refractivity contribution in [1.29, 1.82) is 5.26 Å². The lowest BCUT2D eigenvalue weighted by molar-refractivity contribution is 0.0779. The summed E-state index contributed by atoms with van der Waals surface area (Å²) in [5, 5.41) is 9.48. The minimum absolute atomic E-state index is 0.111. The monoisotopic (exact) mass is 224 g/mol. The Morgan fingerprint density at radius 3 is 2.73 bits per heavy atom. The van der Waals surface area contributed by atoms with Gasteiger partial charge in [0.25, 0.3) is 0 Å². The Balaban J connectivity index is 2.07. The second-order valence-corrected chi connectivity index (χ2v) is 6.17. The fourth-order valence-corrected chi connectivity index (χ4v) is 3.95. The van der Waals surface area contributed by atoms with Crippen LogP contribution in [0.3, 0.4) is 0 Å². The average molecular weight is 224 g/mol. The predicted molar refractivity (Wildman–Crippen MR) is 64.9 cm³/mol. The molecule has 0 saturated carbocycles. The molecule has 0 amide bonds. The van der Waals surface area contributed by atoms with Crippen molar-refractivity contribution >= 4 is 11.8 Å². The molecule has 0 spiro atoms. The van der Waals surface area contributed by atoms with Crippen LogP contribution in [0.2, 0.25) is 0 Å². The Labute approximate surface area is 97.0 Å². The van der Waals surface area contributed by atoms with Crippen molar-refractivity contribution in [1.82, 2.24) is 4.90 Å². The molecule has 1 atom stereocenters. The maximum Gasteiger partial charge on any atom is 0.110 e. The summed E-state index contributed by atoms with van der Waals surface area (Å²) in [7, 11) is 0. The molecule has 2 nitrogen and oxygen atoms in total. The fraction of sp³-hybridized carbons (Fsp3) is 0.917. The van der Waals surface area contributed by atoms with E-state index in [-0.39, 0.29) is 5.54 Å². The molecular weight excluding hydrogens is 204 g/mol. The maximum atomic E-state index is 9.48. The third-order valence-corrected chi connectivity index (χ3v) is 4.78. The van der Waals surface area contributed by atoms with Gasteiger partial charge in [-0.3, -0.25) is 4.90 Å². The summed E-state index contributed by atoms with van der Waals surface area (Å²) in [5.74, 6) is 3.11. The molecule has 0 bridgehead atoms. The minimum atomic E-state index is -0.111. The van der Waals surface area contributed by atoms with Crippen molar-refractivity contribution in [2.24, 2.45) is 5.92 Å². The van der Waals surface area contributed by atoms with Gasteiger partial charge < -0.3 is 0 Å². The second-order valence-electron chi connectivity index (χ2n) is 4.95. The zero-order chi connectivity index (χ0) is 10.7. The van der Waals surface area contributed by atoms with E-state index in [2.05, 4.69) is 17.9 Å². The Hall–Kier alpha value is -0.200. The number of hydrogen-bond acceptors (Lipinski definition) is 3. The van der Waals surface area contributed by atoms with Gasteiger partial charge in [-0.25, -0.2) is 0 Å². The van der Waals surface area contributed by atoms with E-state index in [9.17, 15) is 5.26 Å². The van der Waals surface area contributed by atoms with Crippen LogP contribution in [0.4, 0.5) is 0 Å². The SMILES string of the molecule is C[C@@H]1CCCN(C2(C#N)CCSCC2)C1. The highest BCUT2D eigenvalue weighted by Crippen LogP contribution is 2.34. The summed E-state index contributed by atoms with van der Waals surface area (Å²) in [6, 6.07) is 2.62. The molecule has 2 rings (SSSR count). The first kappa shape index (κ1) is 11.3. The number of rotatable bonds is 1. The predicted octanol–water partition coefficient (Wildman–Crippen LogP) is 2.51. The van der Waals surface area contributed by atoms with Crippen molar-refractivity contribution in [3.63, 3.8) is 0 Å². The fourth-order valence-electron chi connectivity index (χ4n) is 2.79. The summed E-state index contributed by atoms with van der Waals surface area (Å²) >= 11 is 2.00. The maximum absolute atomic E-state index is 9.48. The third-order valence-electron chi connectivity index (χ3n) is 3.79. The highest BCUT2D eigenvalue weighted by atomic mass is 32.2. The Kier molecular flexibility index (Phi) is 3.58. The van der Waals surface area contributed by atoms with E-state index >= 15 is 0 Å². The van der Waals surface area contributed by atoms with Gasteiger partial charge in [-0.1, -0.05) is 6.92 Å². The normalized spacial score (nSPS) is 32.1. The number of piperidine rings is 1. The van der Waals surface area contributed by atoms with Gasteiger partial charge in [0.2, 0.25) is 0 Å². The topological polar surface area (TPSA) is 27.0 Å². The molecule has 15 heavy (non-hydrogen) atoms. The Morgan fingerprint density at radius 2 is 2.13 bits per heavy atom. The molecule has 0 radical (unpaired) electrons. The summed E-state index contributed by atoms with van der Waals surface area (Å²) in [6.07, 6.45) is 4.76. The van der Waals surface area contributed by atoms with Gasteiger partial charge in [-0.15, -0.1) is 0 Å². The van der Waals surface area contributed by atoms with Gasteiger partial charge in [0.05, 0.1) is 6.07 Å². The molecule has 0 N–H and O–H groups in total. The first-order valence-electron chi connectivity index (χ1n) is 6.01. The highest BCUT2D eigenvalue weighted by molar-refractivity contribution is 7.99. The smallest absolute Gasteiger partial charge is 0.110 e. The van der Waals surface area contributed by atoms with Crippen molar-refractivity contribution in [2.75, 3.05) is 24.6 Å². The third kappa shape index (κ3) is 2.32. The molecule has 0 aromatic heterocycles. The van der Waals surface area contributed by atoms with Crippen LogP contribution in [0.25, 0.3) is 0 Å². The van der Waals surface area contributed by atoms with Crippen molar-refractivity contribution in [3.05, 3.63) is 0 Å². The zero-order valence-electron chi connectivity index (χ0n) is 9.54. The lowest BCUT2D eigenvalue weighted by Gasteiger charge is -2.44. The van der Waals surface area contributed by atoms with Crippen LogP contribution in [0.5, 0.6) is 0 Å². The number of likely N-dealkylation sites (tertiary alicyclic amines) is 1. The Bertz CT molecular complexity index is 253. The van der Waals surface area contributed by atoms with Crippen LogP contribution >= 0.6 is 11.8 Å². The van der Waals surface area contributed by atoms with Crippen LogP contribution in [-0.4, -0.2) is 35.0 Å². The van der Waals surface area contributed by atoms with Crippen LogP contribution in [0.15, 0.2) is 0 Å². The molecule has 2 heterocycles. The molecule has 0 unspecified atom stereocenters. The zero-order valence-corrected chi connectivity index (χ0v) is 10.4. The highest BCUT2D eigenvalue weighted by Gasteiger charge is 2.39. The van der Waals surface area contributed by atoms with Crippen LogP contribution < -0.4 is 0 Å². The minimum Gasteiger partial charge on any atom is -0.285 e. The van der Waals surface area contributed by atoms with Crippen molar-refractivity contribution in [2.45, 2.75) is 38.1 Å². The summed E-state index contributed by atoms with van der Waals surface area (Å²) in [5.41, 5.74) is -0.111. The van der Waals surface area contributed by atoms with E-state index in [1.54, 1.807) is 0 Å².